The van der Waals surface area contributed by atoms with E-state index < -0.39 is 23.1 Å². The van der Waals surface area contributed by atoms with Gasteiger partial charge in [-0.2, -0.15) is 0 Å². The Morgan fingerprint density at radius 2 is 1.95 bits per heavy atom. The number of rotatable bonds is 4. The van der Waals surface area contributed by atoms with Crippen molar-refractivity contribution in [2.45, 2.75) is 33.3 Å². The number of hydrogen-bond donors (Lipinski definition) is 2. The minimum Gasteiger partial charge on any atom is -0.388 e. The van der Waals surface area contributed by atoms with Crippen molar-refractivity contribution in [3.8, 4) is 0 Å². The van der Waals surface area contributed by atoms with Gasteiger partial charge < -0.3 is 10.4 Å². The average molecular weight is 271 g/mol. The molecule has 0 radical (unpaired) electrons. The quantitative estimate of drug-likeness (QED) is 0.883. The average Bonchev–Trinajstić information content (AvgIpc) is 2.30. The van der Waals surface area contributed by atoms with Crippen molar-refractivity contribution in [3.63, 3.8) is 0 Å². The van der Waals surface area contributed by atoms with Gasteiger partial charge in [0.1, 0.15) is 11.6 Å². The van der Waals surface area contributed by atoms with Crippen LogP contribution in [0, 0.1) is 24.5 Å². The second-order valence-corrected chi connectivity index (χ2v) is 5.28. The SMILES string of the molecule is Cc1cc(C(=O)NCC(C)(O)C(C)C)c(F)cc1F. The first-order valence-electron chi connectivity index (χ1n) is 6.11. The maximum Gasteiger partial charge on any atom is 0.254 e. The van der Waals surface area contributed by atoms with Gasteiger partial charge in [-0.25, -0.2) is 8.78 Å². The van der Waals surface area contributed by atoms with Gasteiger partial charge in [0.05, 0.1) is 11.2 Å². The van der Waals surface area contributed by atoms with Crippen molar-refractivity contribution in [1.82, 2.24) is 5.32 Å². The number of hydrogen-bond acceptors (Lipinski definition) is 2. The second kappa shape index (κ2) is 5.65. The Morgan fingerprint density at radius 1 is 1.37 bits per heavy atom. The Morgan fingerprint density at radius 3 is 2.47 bits per heavy atom. The van der Waals surface area contributed by atoms with E-state index in [1.165, 1.54) is 6.92 Å². The molecule has 0 fully saturated rings. The molecule has 0 spiro atoms. The fraction of sp³-hybridized carbons (Fsp3) is 0.500. The summed E-state index contributed by atoms with van der Waals surface area (Å²) in [7, 11) is 0. The Kier molecular flexibility index (Phi) is 4.63. The highest BCUT2D eigenvalue weighted by Crippen LogP contribution is 2.16. The number of aliphatic hydroxyl groups is 1. The van der Waals surface area contributed by atoms with Gasteiger partial charge in [-0.3, -0.25) is 4.79 Å². The van der Waals surface area contributed by atoms with Crippen LogP contribution < -0.4 is 5.32 Å². The lowest BCUT2D eigenvalue weighted by Gasteiger charge is -2.27. The zero-order valence-electron chi connectivity index (χ0n) is 11.6. The predicted octanol–water partition coefficient (Wildman–Crippen LogP) is 2.41. The molecular formula is C14H19F2NO2. The summed E-state index contributed by atoms with van der Waals surface area (Å²) < 4.78 is 26.6. The van der Waals surface area contributed by atoms with Gasteiger partial charge >= 0.3 is 0 Å². The van der Waals surface area contributed by atoms with E-state index in [2.05, 4.69) is 5.32 Å². The van der Waals surface area contributed by atoms with E-state index in [-0.39, 0.29) is 23.6 Å². The minimum atomic E-state index is -1.08. The molecule has 0 saturated carbocycles. The maximum absolute atomic E-state index is 13.5. The summed E-state index contributed by atoms with van der Waals surface area (Å²) >= 11 is 0. The van der Waals surface area contributed by atoms with Crippen LogP contribution in [0.1, 0.15) is 36.7 Å². The van der Waals surface area contributed by atoms with Gasteiger partial charge in [-0.1, -0.05) is 13.8 Å². The molecule has 0 aromatic heterocycles. The van der Waals surface area contributed by atoms with E-state index in [0.29, 0.717) is 6.07 Å². The van der Waals surface area contributed by atoms with Crippen molar-refractivity contribution >= 4 is 5.91 Å². The number of aryl methyl sites for hydroxylation is 1. The molecule has 1 unspecified atom stereocenters. The van der Waals surface area contributed by atoms with Crippen LogP contribution in [0.2, 0.25) is 0 Å². The molecule has 0 aliphatic carbocycles. The smallest absolute Gasteiger partial charge is 0.254 e. The number of carbonyl (C=O) groups excluding carboxylic acids is 1. The van der Waals surface area contributed by atoms with Crippen molar-refractivity contribution in [2.24, 2.45) is 5.92 Å². The molecule has 0 heterocycles. The number of halogens is 2. The highest BCUT2D eigenvalue weighted by atomic mass is 19.1. The van der Waals surface area contributed by atoms with Gasteiger partial charge in [0.2, 0.25) is 0 Å². The lowest BCUT2D eigenvalue weighted by molar-refractivity contribution is 0.0142. The molecule has 0 bridgehead atoms. The number of carbonyl (C=O) groups is 1. The predicted molar refractivity (Wildman–Crippen MR) is 68.9 cm³/mol. The highest BCUT2D eigenvalue weighted by Gasteiger charge is 2.26. The van der Waals surface area contributed by atoms with E-state index in [9.17, 15) is 18.7 Å². The Balaban J connectivity index is 2.83. The van der Waals surface area contributed by atoms with Crippen molar-refractivity contribution in [2.75, 3.05) is 6.54 Å². The van der Waals surface area contributed by atoms with Gasteiger partial charge in [0.25, 0.3) is 5.91 Å². The Bertz CT molecular complexity index is 485. The molecule has 1 aromatic carbocycles. The zero-order chi connectivity index (χ0) is 14.8. The molecule has 1 atom stereocenters. The van der Waals surface area contributed by atoms with Crippen LogP contribution in [0.3, 0.4) is 0 Å². The second-order valence-electron chi connectivity index (χ2n) is 5.28. The molecule has 0 saturated heterocycles. The van der Waals surface area contributed by atoms with Crippen LogP contribution in [0.15, 0.2) is 12.1 Å². The molecule has 3 nitrogen and oxygen atoms in total. The molecule has 106 valence electrons. The van der Waals surface area contributed by atoms with E-state index in [4.69, 9.17) is 0 Å². The van der Waals surface area contributed by atoms with Gasteiger partial charge in [0, 0.05) is 12.6 Å². The fourth-order valence-corrected chi connectivity index (χ4v) is 1.39. The molecule has 0 aliphatic heterocycles. The molecule has 5 heteroatoms. The standard InChI is InChI=1S/C14H19F2NO2/c1-8(2)14(4,19)7-17-13(18)10-5-9(3)11(15)6-12(10)16/h5-6,8,19H,7H2,1-4H3,(H,17,18). The molecule has 2 N–H and O–H groups in total. The van der Waals surface area contributed by atoms with Crippen LogP contribution in [0.5, 0.6) is 0 Å². The van der Waals surface area contributed by atoms with Crippen LogP contribution in [0.25, 0.3) is 0 Å². The third kappa shape index (κ3) is 3.73. The number of amides is 1. The summed E-state index contributed by atoms with van der Waals surface area (Å²) in [5.41, 5.74) is -1.11. The fourth-order valence-electron chi connectivity index (χ4n) is 1.39. The summed E-state index contributed by atoms with van der Waals surface area (Å²) in [5.74, 6) is -2.33. The maximum atomic E-state index is 13.5. The molecule has 1 rings (SSSR count). The van der Waals surface area contributed by atoms with Crippen LogP contribution >= 0.6 is 0 Å². The lowest BCUT2D eigenvalue weighted by Crippen LogP contribution is -2.44. The van der Waals surface area contributed by atoms with E-state index in [0.717, 1.165) is 6.07 Å². The first-order chi connectivity index (χ1) is 8.65. The summed E-state index contributed by atoms with van der Waals surface area (Å²) in [5, 5.41) is 12.4. The minimum absolute atomic E-state index is 0.000631. The molecule has 19 heavy (non-hydrogen) atoms. The van der Waals surface area contributed by atoms with E-state index >= 15 is 0 Å². The Hall–Kier alpha value is -1.49. The topological polar surface area (TPSA) is 49.3 Å². The first-order valence-corrected chi connectivity index (χ1v) is 6.11. The summed E-state index contributed by atoms with van der Waals surface area (Å²) in [6, 6.07) is 1.84. The summed E-state index contributed by atoms with van der Waals surface area (Å²) in [4.78, 5) is 11.8. The van der Waals surface area contributed by atoms with Crippen LogP contribution in [-0.4, -0.2) is 23.2 Å². The van der Waals surface area contributed by atoms with Crippen LogP contribution in [0.4, 0.5) is 8.78 Å². The number of benzene rings is 1. The molecular weight excluding hydrogens is 252 g/mol. The lowest BCUT2D eigenvalue weighted by atomic mass is 9.92. The van der Waals surface area contributed by atoms with Gasteiger partial charge in [-0.05, 0) is 31.4 Å². The van der Waals surface area contributed by atoms with Gasteiger partial charge in [-0.15, -0.1) is 0 Å². The normalized spacial score (nSPS) is 14.3. The monoisotopic (exact) mass is 271 g/mol. The zero-order valence-corrected chi connectivity index (χ0v) is 11.6. The molecule has 1 aromatic rings. The molecule has 0 aliphatic rings. The first kappa shape index (κ1) is 15.6. The Labute approximate surface area is 111 Å². The van der Waals surface area contributed by atoms with Gasteiger partial charge in [0.15, 0.2) is 0 Å². The molecule has 1 amide bonds. The van der Waals surface area contributed by atoms with Crippen molar-refractivity contribution < 1.29 is 18.7 Å². The van der Waals surface area contributed by atoms with E-state index in [1.54, 1.807) is 6.92 Å². The van der Waals surface area contributed by atoms with E-state index in [1.807, 2.05) is 13.8 Å². The van der Waals surface area contributed by atoms with Crippen molar-refractivity contribution in [1.29, 1.82) is 0 Å². The highest BCUT2D eigenvalue weighted by molar-refractivity contribution is 5.94. The van der Waals surface area contributed by atoms with Crippen LogP contribution in [-0.2, 0) is 0 Å². The number of nitrogens with one attached hydrogen (secondary N) is 1. The summed E-state index contributed by atoms with van der Waals surface area (Å²) in [6.07, 6.45) is 0. The third-order valence-corrected chi connectivity index (χ3v) is 3.34. The van der Waals surface area contributed by atoms with Crippen molar-refractivity contribution in [3.05, 3.63) is 34.9 Å². The summed E-state index contributed by atoms with van der Waals surface area (Å²) in [6.45, 7) is 6.67. The third-order valence-electron chi connectivity index (χ3n) is 3.34. The largest absolute Gasteiger partial charge is 0.388 e.